The van der Waals surface area contributed by atoms with E-state index in [4.69, 9.17) is 25.6 Å². The van der Waals surface area contributed by atoms with Crippen molar-refractivity contribution in [1.29, 1.82) is 5.26 Å². The molecule has 4 aromatic carbocycles. The molecule has 2 saturated heterocycles. The number of hydrogen-bond acceptors (Lipinski definition) is 9. The molecule has 12 heteroatoms. The first kappa shape index (κ1) is 39.6. The van der Waals surface area contributed by atoms with E-state index in [0.29, 0.717) is 60.4 Å². The van der Waals surface area contributed by atoms with Crippen LogP contribution < -0.4 is 9.47 Å². The number of carbonyl (C=O) groups is 2. The number of halogens is 1. The van der Waals surface area contributed by atoms with Gasteiger partial charge >= 0.3 is 5.97 Å². The van der Waals surface area contributed by atoms with Crippen molar-refractivity contribution >= 4 is 23.5 Å². The highest BCUT2D eigenvalue weighted by Crippen LogP contribution is 2.37. The van der Waals surface area contributed by atoms with E-state index >= 15 is 0 Å². The van der Waals surface area contributed by atoms with E-state index in [1.807, 2.05) is 66.4 Å². The summed E-state index contributed by atoms with van der Waals surface area (Å²) >= 11 is 6.86. The SMILES string of the molecule is Cc1c(COc2cc(OCc3cccc(C#N)c3)c(CN3CCCC[C@H]3C(=O)O)cc2Cl)cccc1-c1cccc(-c2cc(C(=O)N3CCC(CO)CC3)no2)c1. The first-order valence-electron chi connectivity index (χ1n) is 19.3. The summed E-state index contributed by atoms with van der Waals surface area (Å²) in [6.45, 7) is 4.76. The number of benzene rings is 4. The highest BCUT2D eigenvalue weighted by molar-refractivity contribution is 6.32. The summed E-state index contributed by atoms with van der Waals surface area (Å²) in [6.07, 6.45) is 3.89. The Bertz CT molecular complexity index is 2280. The summed E-state index contributed by atoms with van der Waals surface area (Å²) < 4.78 is 18.4. The van der Waals surface area contributed by atoms with Crippen molar-refractivity contribution in [2.24, 2.45) is 5.92 Å². The van der Waals surface area contributed by atoms with Crippen LogP contribution in [0, 0.1) is 24.2 Å². The minimum Gasteiger partial charge on any atom is -0.488 e. The van der Waals surface area contributed by atoms with Crippen molar-refractivity contribution < 1.29 is 33.8 Å². The van der Waals surface area contributed by atoms with Gasteiger partial charge in [-0.3, -0.25) is 14.5 Å². The van der Waals surface area contributed by atoms with Crippen molar-refractivity contribution in [3.63, 3.8) is 0 Å². The van der Waals surface area contributed by atoms with E-state index in [1.165, 1.54) is 0 Å². The van der Waals surface area contributed by atoms with Crippen molar-refractivity contribution in [2.75, 3.05) is 26.2 Å². The molecule has 7 rings (SSSR count). The average Bonchev–Trinajstić information content (AvgIpc) is 3.74. The number of carboxylic acid groups (broad SMARTS) is 1. The molecule has 1 atom stereocenters. The third kappa shape index (κ3) is 9.32. The van der Waals surface area contributed by atoms with Crippen LogP contribution in [0.25, 0.3) is 22.5 Å². The van der Waals surface area contributed by atoms with Crippen molar-refractivity contribution in [3.05, 3.63) is 123 Å². The molecular weight excluding hydrogens is 744 g/mol. The van der Waals surface area contributed by atoms with Crippen LogP contribution in [0.2, 0.25) is 5.02 Å². The van der Waals surface area contributed by atoms with Gasteiger partial charge in [-0.05, 0) is 97.2 Å². The van der Waals surface area contributed by atoms with Gasteiger partial charge in [0.1, 0.15) is 30.8 Å². The van der Waals surface area contributed by atoms with E-state index in [1.54, 1.807) is 35.2 Å². The number of aromatic nitrogens is 1. The molecule has 0 unspecified atom stereocenters. The predicted octanol–water partition coefficient (Wildman–Crippen LogP) is 8.28. The lowest BCUT2D eigenvalue weighted by atomic mass is 9.95. The topological polar surface area (TPSA) is 149 Å². The molecule has 11 nitrogen and oxygen atoms in total. The molecule has 1 aromatic heterocycles. The Morgan fingerprint density at radius 1 is 0.895 bits per heavy atom. The third-order valence-corrected chi connectivity index (χ3v) is 11.3. The zero-order valence-electron chi connectivity index (χ0n) is 31.8. The van der Waals surface area contributed by atoms with Gasteiger partial charge in [0.15, 0.2) is 11.5 Å². The number of nitrogens with zero attached hydrogens (tertiary/aromatic N) is 4. The molecule has 5 aromatic rings. The summed E-state index contributed by atoms with van der Waals surface area (Å²) in [5.74, 6) is 0.662. The average molecular weight is 789 g/mol. The maximum atomic E-state index is 13.1. The Balaban J connectivity index is 1.09. The van der Waals surface area contributed by atoms with Crippen LogP contribution in [0.4, 0.5) is 0 Å². The minimum absolute atomic E-state index is 0.140. The van der Waals surface area contributed by atoms with Gasteiger partial charge in [-0.2, -0.15) is 5.26 Å². The first-order valence-corrected chi connectivity index (χ1v) is 19.7. The van der Waals surface area contributed by atoms with Gasteiger partial charge in [-0.15, -0.1) is 0 Å². The largest absolute Gasteiger partial charge is 0.488 e. The van der Waals surface area contributed by atoms with Gasteiger partial charge in [-0.1, -0.05) is 71.7 Å². The summed E-state index contributed by atoms with van der Waals surface area (Å²) in [5.41, 5.74) is 7.07. The minimum atomic E-state index is -0.841. The molecular formula is C45H45ClN4O7. The predicted molar refractivity (Wildman–Crippen MR) is 215 cm³/mol. The second-order valence-corrected chi connectivity index (χ2v) is 15.2. The number of carbonyl (C=O) groups excluding carboxylic acids is 1. The smallest absolute Gasteiger partial charge is 0.320 e. The second-order valence-electron chi connectivity index (χ2n) is 14.8. The summed E-state index contributed by atoms with van der Waals surface area (Å²) in [6, 6.07) is 28.0. The van der Waals surface area contributed by atoms with Crippen LogP contribution in [0.5, 0.6) is 11.5 Å². The Morgan fingerprint density at radius 3 is 2.46 bits per heavy atom. The Morgan fingerprint density at radius 2 is 1.67 bits per heavy atom. The van der Waals surface area contributed by atoms with Gasteiger partial charge in [0.2, 0.25) is 0 Å². The molecule has 2 N–H and O–H groups in total. The number of nitriles is 1. The summed E-state index contributed by atoms with van der Waals surface area (Å²) in [4.78, 5) is 29.0. The van der Waals surface area contributed by atoms with Crippen molar-refractivity contribution in [2.45, 2.75) is 64.8 Å². The quantitative estimate of drug-likeness (QED) is 0.119. The zero-order chi connectivity index (χ0) is 39.9. The van der Waals surface area contributed by atoms with Crippen LogP contribution in [-0.2, 0) is 24.6 Å². The van der Waals surface area contributed by atoms with E-state index in [2.05, 4.69) is 11.2 Å². The van der Waals surface area contributed by atoms with Crippen molar-refractivity contribution in [1.82, 2.24) is 15.0 Å². The van der Waals surface area contributed by atoms with Crippen LogP contribution in [-0.4, -0.2) is 69.3 Å². The number of aliphatic hydroxyl groups excluding tert-OH is 1. The van der Waals surface area contributed by atoms with E-state index < -0.39 is 12.0 Å². The molecule has 0 saturated carbocycles. The number of likely N-dealkylation sites (tertiary alicyclic amines) is 2. The van der Waals surface area contributed by atoms with Gasteiger partial charge in [0.05, 0.1) is 16.7 Å². The Kier molecular flexibility index (Phi) is 12.5. The highest BCUT2D eigenvalue weighted by Gasteiger charge is 2.30. The fourth-order valence-corrected chi connectivity index (χ4v) is 7.90. The molecule has 0 aliphatic carbocycles. The zero-order valence-corrected chi connectivity index (χ0v) is 32.6. The first-order chi connectivity index (χ1) is 27.7. The summed E-state index contributed by atoms with van der Waals surface area (Å²) in [5, 5.41) is 33.2. The fourth-order valence-electron chi connectivity index (χ4n) is 7.66. The van der Waals surface area contributed by atoms with Crippen molar-refractivity contribution in [3.8, 4) is 40.0 Å². The van der Waals surface area contributed by atoms with Crippen LogP contribution in [0.15, 0.2) is 89.5 Å². The lowest BCUT2D eigenvalue weighted by molar-refractivity contribution is -0.144. The summed E-state index contributed by atoms with van der Waals surface area (Å²) in [7, 11) is 0. The van der Waals surface area contributed by atoms with Gasteiger partial charge < -0.3 is 29.1 Å². The number of aliphatic carboxylic acids is 1. The highest BCUT2D eigenvalue weighted by atomic mass is 35.5. The molecule has 2 aliphatic heterocycles. The number of amides is 1. The molecule has 0 radical (unpaired) electrons. The lowest BCUT2D eigenvalue weighted by Gasteiger charge is -2.33. The number of aliphatic hydroxyl groups is 1. The Labute approximate surface area is 337 Å². The Hall–Kier alpha value is -5.67. The molecule has 0 bridgehead atoms. The van der Waals surface area contributed by atoms with E-state index in [-0.39, 0.29) is 37.3 Å². The van der Waals surface area contributed by atoms with Gasteiger partial charge in [-0.25, -0.2) is 0 Å². The molecule has 3 heterocycles. The lowest BCUT2D eigenvalue weighted by Crippen LogP contribution is -2.44. The van der Waals surface area contributed by atoms with Gasteiger partial charge in [0.25, 0.3) is 5.91 Å². The molecule has 2 aliphatic rings. The molecule has 57 heavy (non-hydrogen) atoms. The standard InChI is InChI=1S/C45H45ClN4O7/c1-29-35(11-6-12-37(29)33-9-5-10-34(20-33)42-22-39(48-57-42)44(52)49-17-14-30(26-51)15-18-49)28-56-43-23-41(55-27-32-8-4-7-31(19-32)24-47)36(21-38(43)46)25-50-16-3-2-13-40(50)45(53)54/h4-12,19-23,30,40,51H,2-3,13-18,25-28H2,1H3,(H,53,54)/t40-/m0/s1. The monoisotopic (exact) mass is 788 g/mol. The molecule has 294 valence electrons. The van der Waals surface area contributed by atoms with Crippen LogP contribution in [0.1, 0.15) is 70.4 Å². The van der Waals surface area contributed by atoms with Gasteiger partial charge in [0, 0.05) is 49.5 Å². The number of rotatable bonds is 13. The number of piperidine rings is 2. The third-order valence-electron chi connectivity index (χ3n) is 11.0. The fraction of sp³-hybridized carbons (Fsp3) is 0.333. The maximum Gasteiger partial charge on any atom is 0.320 e. The maximum absolute atomic E-state index is 13.1. The molecule has 2 fully saturated rings. The normalized spacial score (nSPS) is 16.2. The number of ether oxygens (including phenoxy) is 2. The number of hydrogen-bond donors (Lipinski definition) is 2. The number of carboxylic acids is 1. The molecule has 0 spiro atoms. The van der Waals surface area contributed by atoms with Crippen LogP contribution >= 0.6 is 11.6 Å². The van der Waals surface area contributed by atoms with E-state index in [9.17, 15) is 25.1 Å². The second kappa shape index (κ2) is 18.1. The van der Waals surface area contributed by atoms with E-state index in [0.717, 1.165) is 64.6 Å². The molecule has 1 amide bonds. The van der Waals surface area contributed by atoms with Crippen LogP contribution in [0.3, 0.4) is 0 Å².